The Morgan fingerprint density at radius 3 is 2.67 bits per heavy atom. The first-order valence-corrected chi connectivity index (χ1v) is 4.33. The standard InChI is InChI=1S/C10H14N4.ClH/c1-14(5-4-11)7-8-6-9(12)2-3-10(8)13;/h2-3,6H,5,7,12-13H2,1H3;1H. The van der Waals surface area contributed by atoms with Crippen LogP contribution in [0.2, 0.25) is 0 Å². The van der Waals surface area contributed by atoms with E-state index in [-0.39, 0.29) is 12.4 Å². The van der Waals surface area contributed by atoms with Crippen molar-refractivity contribution in [3.05, 3.63) is 23.8 Å². The van der Waals surface area contributed by atoms with Gasteiger partial charge in [-0.3, -0.25) is 4.90 Å². The summed E-state index contributed by atoms with van der Waals surface area (Å²) >= 11 is 0. The van der Waals surface area contributed by atoms with Crippen LogP contribution in [-0.2, 0) is 6.54 Å². The van der Waals surface area contributed by atoms with Gasteiger partial charge >= 0.3 is 0 Å². The smallest absolute Gasteiger partial charge is 0.0866 e. The number of rotatable bonds is 3. The summed E-state index contributed by atoms with van der Waals surface area (Å²) in [7, 11) is 1.87. The molecule has 1 rings (SSSR count). The summed E-state index contributed by atoms with van der Waals surface area (Å²) in [6, 6.07) is 7.46. The second-order valence-electron chi connectivity index (χ2n) is 3.29. The minimum atomic E-state index is 0. The van der Waals surface area contributed by atoms with Crippen molar-refractivity contribution in [2.75, 3.05) is 25.1 Å². The van der Waals surface area contributed by atoms with Gasteiger partial charge < -0.3 is 11.5 Å². The highest BCUT2D eigenvalue weighted by Gasteiger charge is 2.03. The number of nitrogen functional groups attached to an aromatic ring is 2. The van der Waals surface area contributed by atoms with Gasteiger partial charge in [-0.2, -0.15) is 5.26 Å². The van der Waals surface area contributed by atoms with Crippen molar-refractivity contribution in [2.45, 2.75) is 6.54 Å². The van der Waals surface area contributed by atoms with Crippen LogP contribution in [-0.4, -0.2) is 18.5 Å². The Balaban J connectivity index is 0.00000196. The molecule has 0 radical (unpaired) electrons. The van der Waals surface area contributed by atoms with Crippen LogP contribution in [0.15, 0.2) is 18.2 Å². The maximum absolute atomic E-state index is 8.49. The quantitative estimate of drug-likeness (QED) is 0.600. The van der Waals surface area contributed by atoms with Crippen molar-refractivity contribution < 1.29 is 0 Å². The fourth-order valence-electron chi connectivity index (χ4n) is 1.23. The molecule has 1 aromatic rings. The highest BCUT2D eigenvalue weighted by atomic mass is 35.5. The van der Waals surface area contributed by atoms with Gasteiger partial charge in [-0.1, -0.05) is 0 Å². The highest BCUT2D eigenvalue weighted by Crippen LogP contribution is 2.16. The zero-order valence-electron chi connectivity index (χ0n) is 8.60. The molecule has 0 unspecified atom stereocenters. The van der Waals surface area contributed by atoms with E-state index in [9.17, 15) is 0 Å². The molecular weight excluding hydrogens is 212 g/mol. The normalized spacial score (nSPS) is 9.40. The molecule has 1 aromatic carbocycles. The minimum Gasteiger partial charge on any atom is -0.399 e. The Kier molecular flexibility index (Phi) is 5.53. The molecule has 0 aromatic heterocycles. The van der Waals surface area contributed by atoms with E-state index < -0.39 is 0 Å². The summed E-state index contributed by atoms with van der Waals surface area (Å²) in [6.07, 6.45) is 0. The molecule has 4 nitrogen and oxygen atoms in total. The predicted octanol–water partition coefficient (Wildman–Crippen LogP) is 1.23. The molecule has 0 amide bonds. The average molecular weight is 227 g/mol. The van der Waals surface area contributed by atoms with Crippen molar-refractivity contribution in [1.82, 2.24) is 4.90 Å². The third-order valence-electron chi connectivity index (χ3n) is 1.95. The number of hydrogen-bond donors (Lipinski definition) is 2. The molecule has 0 saturated carbocycles. The van der Waals surface area contributed by atoms with E-state index in [1.54, 1.807) is 12.1 Å². The second kappa shape index (κ2) is 6.12. The molecular formula is C10H15ClN4. The molecule has 0 aliphatic rings. The molecule has 0 fully saturated rings. The van der Waals surface area contributed by atoms with E-state index in [4.69, 9.17) is 16.7 Å². The molecule has 0 saturated heterocycles. The summed E-state index contributed by atoms with van der Waals surface area (Å²) < 4.78 is 0. The van der Waals surface area contributed by atoms with Crippen molar-refractivity contribution in [1.29, 1.82) is 5.26 Å². The van der Waals surface area contributed by atoms with E-state index in [0.717, 1.165) is 5.56 Å². The third-order valence-corrected chi connectivity index (χ3v) is 1.95. The Hall–Kier alpha value is -1.44. The van der Waals surface area contributed by atoms with Gasteiger partial charge in [0.15, 0.2) is 0 Å². The molecule has 5 heteroatoms. The lowest BCUT2D eigenvalue weighted by Gasteiger charge is -2.14. The van der Waals surface area contributed by atoms with Crippen molar-refractivity contribution in [3.63, 3.8) is 0 Å². The molecule has 0 heterocycles. The number of benzene rings is 1. The van der Waals surface area contributed by atoms with E-state index in [0.29, 0.717) is 24.5 Å². The summed E-state index contributed by atoms with van der Waals surface area (Å²) in [5.74, 6) is 0. The highest BCUT2D eigenvalue weighted by molar-refractivity contribution is 5.85. The van der Waals surface area contributed by atoms with E-state index in [2.05, 4.69) is 6.07 Å². The van der Waals surface area contributed by atoms with Crippen molar-refractivity contribution in [2.24, 2.45) is 0 Å². The summed E-state index contributed by atoms with van der Waals surface area (Å²) in [6.45, 7) is 1.03. The van der Waals surface area contributed by atoms with Crippen molar-refractivity contribution in [3.8, 4) is 6.07 Å². The first-order valence-electron chi connectivity index (χ1n) is 4.33. The first-order chi connectivity index (χ1) is 6.63. The van der Waals surface area contributed by atoms with Crippen LogP contribution in [0.25, 0.3) is 0 Å². The van der Waals surface area contributed by atoms with Crippen LogP contribution in [0.3, 0.4) is 0 Å². The van der Waals surface area contributed by atoms with Crippen LogP contribution in [0.4, 0.5) is 11.4 Å². The number of nitrogens with two attached hydrogens (primary N) is 2. The lowest BCUT2D eigenvalue weighted by molar-refractivity contribution is 0.368. The van der Waals surface area contributed by atoms with Gasteiger partial charge in [0.05, 0.1) is 12.6 Å². The second-order valence-corrected chi connectivity index (χ2v) is 3.29. The number of halogens is 1. The fourth-order valence-corrected chi connectivity index (χ4v) is 1.23. The molecule has 4 N–H and O–H groups in total. The van der Waals surface area contributed by atoms with Gasteiger partial charge in [0.2, 0.25) is 0 Å². The molecule has 82 valence electrons. The van der Waals surface area contributed by atoms with Gasteiger partial charge in [-0.25, -0.2) is 0 Å². The summed E-state index contributed by atoms with van der Waals surface area (Å²) in [5.41, 5.74) is 13.8. The fraction of sp³-hybridized carbons (Fsp3) is 0.300. The van der Waals surface area contributed by atoms with E-state index in [1.165, 1.54) is 0 Å². The Bertz CT molecular complexity index is 359. The first kappa shape index (κ1) is 13.6. The largest absolute Gasteiger partial charge is 0.399 e. The lowest BCUT2D eigenvalue weighted by atomic mass is 10.1. The van der Waals surface area contributed by atoms with E-state index in [1.807, 2.05) is 18.0 Å². The van der Waals surface area contributed by atoms with Crippen LogP contribution < -0.4 is 11.5 Å². The maximum atomic E-state index is 8.49. The summed E-state index contributed by atoms with van der Waals surface area (Å²) in [4.78, 5) is 1.88. The van der Waals surface area contributed by atoms with Gasteiger partial charge in [0.1, 0.15) is 0 Å². The number of hydrogen-bond acceptors (Lipinski definition) is 4. The molecule has 0 aliphatic carbocycles. The zero-order chi connectivity index (χ0) is 10.6. The van der Waals surface area contributed by atoms with Gasteiger partial charge in [-0.05, 0) is 30.8 Å². The van der Waals surface area contributed by atoms with Gasteiger partial charge in [-0.15, -0.1) is 12.4 Å². The van der Waals surface area contributed by atoms with Gasteiger partial charge in [0.25, 0.3) is 0 Å². The third kappa shape index (κ3) is 4.07. The molecule has 0 atom stereocenters. The minimum absolute atomic E-state index is 0. The topological polar surface area (TPSA) is 79.1 Å². The van der Waals surface area contributed by atoms with Crippen molar-refractivity contribution >= 4 is 23.8 Å². The van der Waals surface area contributed by atoms with E-state index >= 15 is 0 Å². The molecule has 0 bridgehead atoms. The number of nitrogens with zero attached hydrogens (tertiary/aromatic N) is 2. The SMILES string of the molecule is CN(CC#N)Cc1cc(N)ccc1N.Cl. The maximum Gasteiger partial charge on any atom is 0.0866 e. The molecule has 0 spiro atoms. The lowest BCUT2D eigenvalue weighted by Crippen LogP contribution is -2.18. The van der Waals surface area contributed by atoms with Crippen LogP contribution in [0.5, 0.6) is 0 Å². The van der Waals surface area contributed by atoms with Crippen LogP contribution >= 0.6 is 12.4 Å². The van der Waals surface area contributed by atoms with Crippen LogP contribution in [0.1, 0.15) is 5.56 Å². The summed E-state index contributed by atoms with van der Waals surface area (Å²) in [5, 5.41) is 8.49. The Morgan fingerprint density at radius 1 is 1.40 bits per heavy atom. The van der Waals surface area contributed by atoms with Crippen LogP contribution in [0, 0.1) is 11.3 Å². The Labute approximate surface area is 95.9 Å². The monoisotopic (exact) mass is 226 g/mol. The molecule has 0 aliphatic heterocycles. The number of anilines is 2. The average Bonchev–Trinajstić information content (AvgIpc) is 2.12. The zero-order valence-corrected chi connectivity index (χ0v) is 9.42. The van der Waals surface area contributed by atoms with Gasteiger partial charge in [0, 0.05) is 17.9 Å². The Morgan fingerprint density at radius 2 is 2.07 bits per heavy atom. The number of nitriles is 1. The molecule has 15 heavy (non-hydrogen) atoms. The predicted molar refractivity (Wildman–Crippen MR) is 64.5 cm³/mol.